The Morgan fingerprint density at radius 2 is 2.33 bits per heavy atom. The van der Waals surface area contributed by atoms with E-state index in [1.807, 2.05) is 14.0 Å². The van der Waals surface area contributed by atoms with Gasteiger partial charge in [0.1, 0.15) is 5.82 Å². The molecule has 0 atom stereocenters. The fourth-order valence-electron chi connectivity index (χ4n) is 1.73. The summed E-state index contributed by atoms with van der Waals surface area (Å²) in [5.41, 5.74) is 3.49. The predicted octanol–water partition coefficient (Wildman–Crippen LogP) is 0.933. The summed E-state index contributed by atoms with van der Waals surface area (Å²) >= 11 is 0. The second kappa shape index (κ2) is 5.97. The molecular formula is C12H21N5O. The maximum atomic E-state index is 5.62. The van der Waals surface area contributed by atoms with Crippen LogP contribution in [0.4, 0.5) is 11.8 Å². The van der Waals surface area contributed by atoms with Gasteiger partial charge in [0.05, 0.1) is 6.61 Å². The molecule has 0 spiro atoms. The van der Waals surface area contributed by atoms with E-state index in [4.69, 9.17) is 10.6 Å². The minimum absolute atomic E-state index is 0.432. The van der Waals surface area contributed by atoms with Gasteiger partial charge in [-0.1, -0.05) is 0 Å². The number of hydrogen-bond donors (Lipinski definition) is 2. The number of nitrogens with zero attached hydrogens (tertiary/aromatic N) is 3. The van der Waals surface area contributed by atoms with Gasteiger partial charge < -0.3 is 9.64 Å². The van der Waals surface area contributed by atoms with Gasteiger partial charge in [0.2, 0.25) is 5.95 Å². The first-order valence-corrected chi connectivity index (χ1v) is 6.30. The molecular weight excluding hydrogens is 230 g/mol. The highest BCUT2D eigenvalue weighted by Crippen LogP contribution is 2.28. The molecule has 1 heterocycles. The summed E-state index contributed by atoms with van der Waals surface area (Å²) in [5.74, 6) is 7.44. The molecule has 6 heteroatoms. The van der Waals surface area contributed by atoms with E-state index in [2.05, 4.69) is 20.3 Å². The van der Waals surface area contributed by atoms with Crippen LogP contribution >= 0.6 is 0 Å². The molecule has 1 aliphatic carbocycles. The Balaban J connectivity index is 1.84. The number of ether oxygens (including phenoxy) is 1. The zero-order valence-electron chi connectivity index (χ0n) is 11.0. The third-order valence-electron chi connectivity index (χ3n) is 3.06. The highest BCUT2D eigenvalue weighted by molar-refractivity contribution is 5.47. The van der Waals surface area contributed by atoms with E-state index in [1.54, 1.807) is 6.20 Å². The zero-order valence-corrected chi connectivity index (χ0v) is 11.0. The van der Waals surface area contributed by atoms with E-state index >= 15 is 0 Å². The standard InChI is InChI=1S/C12H21N5O/c1-9-7-14-12(16-13)15-11(9)17(2)5-6-18-8-10-3-4-10/h7,10H,3-6,8,13H2,1-2H3,(H,14,15,16). The molecule has 0 aliphatic heterocycles. The number of nitrogens with two attached hydrogens (primary N) is 1. The number of nitrogens with one attached hydrogen (secondary N) is 1. The fraction of sp³-hybridized carbons (Fsp3) is 0.667. The van der Waals surface area contributed by atoms with Gasteiger partial charge in [-0.3, -0.25) is 5.43 Å². The van der Waals surface area contributed by atoms with E-state index < -0.39 is 0 Å². The third-order valence-corrected chi connectivity index (χ3v) is 3.06. The van der Waals surface area contributed by atoms with Gasteiger partial charge in [-0.2, -0.15) is 4.98 Å². The van der Waals surface area contributed by atoms with Gasteiger partial charge in [-0.25, -0.2) is 10.8 Å². The predicted molar refractivity (Wildman–Crippen MR) is 71.4 cm³/mol. The minimum atomic E-state index is 0.432. The molecule has 1 aromatic heterocycles. The number of rotatable bonds is 7. The lowest BCUT2D eigenvalue weighted by Crippen LogP contribution is -2.25. The first-order chi connectivity index (χ1) is 8.70. The van der Waals surface area contributed by atoms with Gasteiger partial charge in [0, 0.05) is 32.0 Å². The average Bonchev–Trinajstić information content (AvgIpc) is 3.19. The molecule has 6 nitrogen and oxygen atoms in total. The molecule has 0 saturated heterocycles. The van der Waals surface area contributed by atoms with Crippen molar-refractivity contribution in [1.29, 1.82) is 0 Å². The number of hydrogen-bond acceptors (Lipinski definition) is 6. The summed E-state index contributed by atoms with van der Waals surface area (Å²) in [6, 6.07) is 0. The fourth-order valence-corrected chi connectivity index (χ4v) is 1.73. The molecule has 1 aliphatic rings. The van der Waals surface area contributed by atoms with Gasteiger partial charge in [-0.05, 0) is 25.7 Å². The van der Waals surface area contributed by atoms with Crippen molar-refractivity contribution >= 4 is 11.8 Å². The van der Waals surface area contributed by atoms with Crippen LogP contribution in [0.5, 0.6) is 0 Å². The van der Waals surface area contributed by atoms with Crippen LogP contribution in [0.15, 0.2) is 6.20 Å². The number of hydrazine groups is 1. The molecule has 1 aromatic rings. The number of nitrogen functional groups attached to an aromatic ring is 1. The Kier molecular flexibility index (Phi) is 4.33. The summed E-state index contributed by atoms with van der Waals surface area (Å²) in [7, 11) is 2.00. The van der Waals surface area contributed by atoms with E-state index in [1.165, 1.54) is 12.8 Å². The number of aryl methyl sites for hydroxylation is 1. The van der Waals surface area contributed by atoms with Crippen LogP contribution in [0.2, 0.25) is 0 Å². The number of likely N-dealkylation sites (N-methyl/N-ethyl adjacent to an activating group) is 1. The van der Waals surface area contributed by atoms with Crippen molar-refractivity contribution in [2.24, 2.45) is 11.8 Å². The molecule has 1 saturated carbocycles. The number of aromatic nitrogens is 2. The van der Waals surface area contributed by atoms with Gasteiger partial charge in [0.25, 0.3) is 0 Å². The Hall–Kier alpha value is -1.40. The quantitative estimate of drug-likeness (QED) is 0.426. The highest BCUT2D eigenvalue weighted by atomic mass is 16.5. The topological polar surface area (TPSA) is 76.3 Å². The largest absolute Gasteiger partial charge is 0.379 e. The van der Waals surface area contributed by atoms with Crippen LogP contribution in [0, 0.1) is 12.8 Å². The normalized spacial score (nSPS) is 14.6. The Bertz CT molecular complexity index is 394. The van der Waals surface area contributed by atoms with Crippen LogP contribution in [0.25, 0.3) is 0 Å². The van der Waals surface area contributed by atoms with Crippen LogP contribution in [0.3, 0.4) is 0 Å². The van der Waals surface area contributed by atoms with Gasteiger partial charge >= 0.3 is 0 Å². The van der Waals surface area contributed by atoms with E-state index in [-0.39, 0.29) is 0 Å². The van der Waals surface area contributed by atoms with Crippen LogP contribution < -0.4 is 16.2 Å². The summed E-state index contributed by atoms with van der Waals surface area (Å²) in [6.45, 7) is 4.42. The maximum absolute atomic E-state index is 5.62. The van der Waals surface area contributed by atoms with Crippen molar-refractivity contribution < 1.29 is 4.74 Å². The second-order valence-electron chi connectivity index (χ2n) is 4.78. The van der Waals surface area contributed by atoms with Crippen molar-refractivity contribution in [1.82, 2.24) is 9.97 Å². The smallest absolute Gasteiger partial charge is 0.239 e. The van der Waals surface area contributed by atoms with E-state index in [0.717, 1.165) is 37.1 Å². The van der Waals surface area contributed by atoms with E-state index in [9.17, 15) is 0 Å². The Labute approximate surface area is 108 Å². The van der Waals surface area contributed by atoms with Crippen LogP contribution in [-0.4, -0.2) is 36.8 Å². The highest BCUT2D eigenvalue weighted by Gasteiger charge is 2.21. The summed E-state index contributed by atoms with van der Waals surface area (Å²) < 4.78 is 5.62. The SMILES string of the molecule is Cc1cnc(NN)nc1N(C)CCOCC1CC1. The molecule has 1 fully saturated rings. The minimum Gasteiger partial charge on any atom is -0.379 e. The molecule has 0 unspecified atom stereocenters. The van der Waals surface area contributed by atoms with Crippen molar-refractivity contribution in [3.63, 3.8) is 0 Å². The molecule has 0 radical (unpaired) electrons. The maximum Gasteiger partial charge on any atom is 0.239 e. The second-order valence-corrected chi connectivity index (χ2v) is 4.78. The van der Waals surface area contributed by atoms with Crippen LogP contribution in [-0.2, 0) is 4.74 Å². The molecule has 0 amide bonds. The Morgan fingerprint density at radius 3 is 3.00 bits per heavy atom. The summed E-state index contributed by atoms with van der Waals surface area (Å²) in [6.07, 6.45) is 4.41. The summed E-state index contributed by atoms with van der Waals surface area (Å²) in [4.78, 5) is 10.5. The van der Waals surface area contributed by atoms with Crippen LogP contribution in [0.1, 0.15) is 18.4 Å². The lowest BCUT2D eigenvalue weighted by Gasteiger charge is -2.20. The van der Waals surface area contributed by atoms with Crippen molar-refractivity contribution in [3.05, 3.63) is 11.8 Å². The number of anilines is 2. The molecule has 0 aromatic carbocycles. The zero-order chi connectivity index (χ0) is 13.0. The molecule has 0 bridgehead atoms. The monoisotopic (exact) mass is 251 g/mol. The van der Waals surface area contributed by atoms with Crippen molar-refractivity contribution in [3.8, 4) is 0 Å². The summed E-state index contributed by atoms with van der Waals surface area (Å²) in [5, 5.41) is 0. The third kappa shape index (κ3) is 3.54. The molecule has 100 valence electrons. The van der Waals surface area contributed by atoms with Crippen molar-refractivity contribution in [2.75, 3.05) is 37.1 Å². The average molecular weight is 251 g/mol. The van der Waals surface area contributed by atoms with Gasteiger partial charge in [0.15, 0.2) is 0 Å². The van der Waals surface area contributed by atoms with Gasteiger partial charge in [-0.15, -0.1) is 0 Å². The first-order valence-electron chi connectivity index (χ1n) is 6.30. The molecule has 2 rings (SSSR count). The van der Waals surface area contributed by atoms with Crippen molar-refractivity contribution in [2.45, 2.75) is 19.8 Å². The molecule has 3 N–H and O–H groups in total. The molecule has 18 heavy (non-hydrogen) atoms. The first kappa shape index (κ1) is 13.0. The van der Waals surface area contributed by atoms with E-state index in [0.29, 0.717) is 5.95 Å². The lowest BCUT2D eigenvalue weighted by atomic mass is 10.3. The Morgan fingerprint density at radius 1 is 1.56 bits per heavy atom. The lowest BCUT2D eigenvalue weighted by molar-refractivity contribution is 0.130.